The lowest BCUT2D eigenvalue weighted by molar-refractivity contribution is -0.870. The Morgan fingerprint density at radius 1 is 0.773 bits per heavy atom. The number of carboxylic acids is 2. The van der Waals surface area contributed by atoms with Crippen molar-refractivity contribution < 1.29 is 39.0 Å². The van der Waals surface area contributed by atoms with Gasteiger partial charge in [-0.15, -0.1) is 0 Å². The van der Waals surface area contributed by atoms with Crippen molar-refractivity contribution in [2.24, 2.45) is 0 Å². The molecule has 0 unspecified atom stereocenters. The minimum Gasteiger partial charge on any atom is -0.545 e. The average molecular weight is 322 g/mol. The third-order valence-electron chi connectivity index (χ3n) is 1.90. The fourth-order valence-corrected chi connectivity index (χ4v) is 0.736. The number of carbonyl (C=O) groups is 2. The number of hydrogen-bond acceptors (Lipinski definition) is 6. The summed E-state index contributed by atoms with van der Waals surface area (Å²) in [5, 5.41) is 35.6. The van der Waals surface area contributed by atoms with E-state index in [9.17, 15) is 19.8 Å². The van der Waals surface area contributed by atoms with Crippen LogP contribution in [0.5, 0.6) is 0 Å². The Morgan fingerprint density at radius 3 is 1.05 bits per heavy atom. The molecule has 0 radical (unpaired) electrons. The number of hydrogen-bond donors (Lipinski definition) is 2. The van der Waals surface area contributed by atoms with Crippen molar-refractivity contribution in [3.05, 3.63) is 12.2 Å². The monoisotopic (exact) mass is 322 g/mol. The van der Waals surface area contributed by atoms with Gasteiger partial charge >= 0.3 is 0 Å². The predicted molar refractivity (Wildman–Crippen MR) is 79.1 cm³/mol. The summed E-state index contributed by atoms with van der Waals surface area (Å²) in [4.78, 5) is 18.8. The molecule has 8 heteroatoms. The van der Waals surface area contributed by atoms with Crippen molar-refractivity contribution in [1.29, 1.82) is 0 Å². The lowest BCUT2D eigenvalue weighted by Crippen LogP contribution is -2.36. The molecule has 0 rings (SSSR count). The smallest absolute Gasteiger partial charge is 0.101 e. The third-order valence-corrected chi connectivity index (χ3v) is 1.90. The van der Waals surface area contributed by atoms with Crippen molar-refractivity contribution in [3.8, 4) is 0 Å². The SMILES string of the molecule is C[N+](C)(C)CCO.C[N+](C)(C)CCO.O=C([O-])C=CC(=O)[O-]. The Morgan fingerprint density at radius 2 is 1.00 bits per heavy atom. The van der Waals surface area contributed by atoms with E-state index < -0.39 is 11.9 Å². The topological polar surface area (TPSA) is 121 Å². The van der Waals surface area contributed by atoms with E-state index in [0.717, 1.165) is 22.1 Å². The number of quaternary nitrogens is 2. The summed E-state index contributed by atoms with van der Waals surface area (Å²) in [5.41, 5.74) is 0. The van der Waals surface area contributed by atoms with E-state index in [1.165, 1.54) is 0 Å². The van der Waals surface area contributed by atoms with Crippen LogP contribution < -0.4 is 10.2 Å². The molecule has 0 fully saturated rings. The van der Waals surface area contributed by atoms with E-state index in [4.69, 9.17) is 10.2 Å². The number of rotatable bonds is 6. The van der Waals surface area contributed by atoms with E-state index in [1.54, 1.807) is 0 Å². The van der Waals surface area contributed by atoms with Gasteiger partial charge in [-0.2, -0.15) is 0 Å². The van der Waals surface area contributed by atoms with Gasteiger partial charge in [-0.1, -0.05) is 0 Å². The molecule has 8 nitrogen and oxygen atoms in total. The number of aliphatic hydroxyl groups is 2. The van der Waals surface area contributed by atoms with E-state index in [0.29, 0.717) is 12.2 Å². The molecule has 22 heavy (non-hydrogen) atoms. The van der Waals surface area contributed by atoms with Gasteiger partial charge in [-0.25, -0.2) is 0 Å². The van der Waals surface area contributed by atoms with Gasteiger partial charge in [-0.3, -0.25) is 0 Å². The summed E-state index contributed by atoms with van der Waals surface area (Å²) in [6.45, 7) is 2.23. The fourth-order valence-electron chi connectivity index (χ4n) is 0.736. The molecule has 132 valence electrons. The number of aliphatic hydroxyl groups excluding tert-OH is 2. The van der Waals surface area contributed by atoms with Crippen LogP contribution >= 0.6 is 0 Å². The first-order valence-electron chi connectivity index (χ1n) is 6.68. The molecule has 0 aliphatic rings. The maximum Gasteiger partial charge on any atom is 0.101 e. The molecule has 2 N–H and O–H groups in total. The first-order chi connectivity index (χ1) is 9.75. The van der Waals surface area contributed by atoms with Gasteiger partial charge in [0.1, 0.15) is 13.1 Å². The third kappa shape index (κ3) is 42.8. The molecule has 0 aliphatic heterocycles. The molecule has 0 spiro atoms. The molecule has 0 saturated heterocycles. The van der Waals surface area contributed by atoms with Crippen LogP contribution in [0.2, 0.25) is 0 Å². The highest BCUT2D eigenvalue weighted by Gasteiger charge is 2.02. The Hall–Kier alpha value is -1.48. The van der Waals surface area contributed by atoms with Crippen LogP contribution in [0.1, 0.15) is 0 Å². The highest BCUT2D eigenvalue weighted by atomic mass is 16.4. The van der Waals surface area contributed by atoms with Gasteiger partial charge in [0.25, 0.3) is 0 Å². The van der Waals surface area contributed by atoms with E-state index in [1.807, 2.05) is 0 Å². The first-order valence-corrected chi connectivity index (χ1v) is 6.68. The molecule has 0 amide bonds. The molecule has 0 heterocycles. The molecule has 0 aliphatic carbocycles. The summed E-state index contributed by atoms with van der Waals surface area (Å²) in [7, 11) is 12.3. The summed E-state index contributed by atoms with van der Waals surface area (Å²) in [5.74, 6) is -3.09. The van der Waals surface area contributed by atoms with Crippen LogP contribution in [0.3, 0.4) is 0 Å². The van der Waals surface area contributed by atoms with Gasteiger partial charge in [-0.05, 0) is 12.2 Å². The molecule has 0 aromatic heterocycles. The van der Waals surface area contributed by atoms with E-state index in [2.05, 4.69) is 42.3 Å². The highest BCUT2D eigenvalue weighted by molar-refractivity contribution is 5.87. The predicted octanol–water partition coefficient (Wildman–Crippen LogP) is -3.59. The Labute approximate surface area is 132 Å². The number of nitrogens with zero attached hydrogens (tertiary/aromatic N) is 2. The molecular weight excluding hydrogens is 292 g/mol. The second-order valence-corrected chi connectivity index (χ2v) is 6.45. The Kier molecular flexibility index (Phi) is 15.3. The van der Waals surface area contributed by atoms with Crippen molar-refractivity contribution in [3.63, 3.8) is 0 Å². The van der Waals surface area contributed by atoms with Gasteiger partial charge in [0.05, 0.1) is 67.4 Å². The van der Waals surface area contributed by atoms with Crippen LogP contribution in [-0.4, -0.2) is 99.7 Å². The Balaban J connectivity index is -0.000000247. The molecule has 0 atom stereocenters. The van der Waals surface area contributed by atoms with Crippen LogP contribution in [-0.2, 0) is 9.59 Å². The Bertz CT molecular complexity index is 297. The zero-order valence-electron chi connectivity index (χ0n) is 14.4. The van der Waals surface area contributed by atoms with Crippen LogP contribution in [0.15, 0.2) is 12.2 Å². The maximum atomic E-state index is 9.41. The van der Waals surface area contributed by atoms with Gasteiger partial charge < -0.3 is 39.0 Å². The van der Waals surface area contributed by atoms with Crippen LogP contribution in [0, 0.1) is 0 Å². The summed E-state index contributed by atoms with van der Waals surface area (Å²) in [6, 6.07) is 0. The van der Waals surface area contributed by atoms with Crippen molar-refractivity contribution >= 4 is 11.9 Å². The number of carbonyl (C=O) groups excluding carboxylic acids is 2. The van der Waals surface area contributed by atoms with Gasteiger partial charge in [0.15, 0.2) is 0 Å². The normalized spacial score (nSPS) is 11.1. The summed E-state index contributed by atoms with van der Waals surface area (Å²) >= 11 is 0. The van der Waals surface area contributed by atoms with E-state index in [-0.39, 0.29) is 13.2 Å². The standard InChI is InChI=1S/2C5H14NO.C4H4O4/c2*1-6(2,3)4-5-7;5-3(6)1-2-4(7)8/h2*7H,4-5H2,1-3H3;1-2H,(H,5,6)(H,7,8)/q2*+1;/p-2. The fraction of sp³-hybridized carbons (Fsp3) is 0.714. The maximum absolute atomic E-state index is 9.41. The summed E-state index contributed by atoms with van der Waals surface area (Å²) in [6.07, 6.45) is 0.769. The minimum absolute atomic E-state index is 0.281. The second kappa shape index (κ2) is 13.2. The minimum atomic E-state index is -1.55. The van der Waals surface area contributed by atoms with Gasteiger partial charge in [0.2, 0.25) is 0 Å². The lowest BCUT2D eigenvalue weighted by atomic mass is 10.5. The zero-order chi connectivity index (χ0) is 18.4. The quantitative estimate of drug-likeness (QED) is 0.385. The van der Waals surface area contributed by atoms with Crippen LogP contribution in [0.25, 0.3) is 0 Å². The largest absolute Gasteiger partial charge is 0.545 e. The zero-order valence-corrected chi connectivity index (χ0v) is 14.4. The van der Waals surface area contributed by atoms with Crippen molar-refractivity contribution in [1.82, 2.24) is 0 Å². The summed E-state index contributed by atoms with van der Waals surface area (Å²) < 4.78 is 1.69. The molecule has 0 saturated carbocycles. The van der Waals surface area contributed by atoms with Gasteiger partial charge in [0, 0.05) is 0 Å². The molecule has 0 aromatic carbocycles. The average Bonchev–Trinajstić information content (AvgIpc) is 2.24. The van der Waals surface area contributed by atoms with Crippen LogP contribution in [0.4, 0.5) is 0 Å². The van der Waals surface area contributed by atoms with Crippen molar-refractivity contribution in [2.75, 3.05) is 68.6 Å². The number of carboxylic acid groups (broad SMARTS) is 2. The first kappa shape index (κ1) is 25.5. The molecule has 0 aromatic rings. The van der Waals surface area contributed by atoms with Crippen molar-refractivity contribution in [2.45, 2.75) is 0 Å². The number of likely N-dealkylation sites (N-methyl/N-ethyl adjacent to an activating group) is 2. The molecular formula is C14H30N2O6. The highest BCUT2D eigenvalue weighted by Crippen LogP contribution is 1.85. The second-order valence-electron chi connectivity index (χ2n) is 6.45. The molecule has 0 bridgehead atoms. The number of aliphatic carboxylic acids is 2. The van der Waals surface area contributed by atoms with E-state index >= 15 is 0 Å². The lowest BCUT2D eigenvalue weighted by Gasteiger charge is -2.21.